The predicted molar refractivity (Wildman–Crippen MR) is 173 cm³/mol. The van der Waals surface area contributed by atoms with E-state index in [1.807, 2.05) is 32.0 Å². The summed E-state index contributed by atoms with van der Waals surface area (Å²) < 4.78 is 0.721. The van der Waals surface area contributed by atoms with Gasteiger partial charge in [0.05, 0.1) is 0 Å². The number of rotatable bonds is 1. The molecule has 2 atom stereocenters. The predicted octanol–water partition coefficient (Wildman–Crippen LogP) is 10.3. The summed E-state index contributed by atoms with van der Waals surface area (Å²) in [6.45, 7) is 21.9. The van der Waals surface area contributed by atoms with Crippen LogP contribution in [0, 0.1) is 5.92 Å². The summed E-state index contributed by atoms with van der Waals surface area (Å²) >= 11 is 10.0. The zero-order valence-electron chi connectivity index (χ0n) is 25.8. The van der Waals surface area contributed by atoms with Crippen LogP contribution in [0.15, 0.2) is 74.3 Å². The number of halogens is 1. The van der Waals surface area contributed by atoms with Gasteiger partial charge in [0.25, 0.3) is 0 Å². The molecule has 0 aromatic heterocycles. The Morgan fingerprint density at radius 2 is 1.62 bits per heavy atom. The summed E-state index contributed by atoms with van der Waals surface area (Å²) in [5.41, 5.74) is 5.97. The van der Waals surface area contributed by atoms with Gasteiger partial charge in [-0.25, -0.2) is 0 Å². The van der Waals surface area contributed by atoms with Crippen molar-refractivity contribution in [2.45, 2.75) is 89.4 Å². The first kappa shape index (κ1) is 31.9. The average molecular weight is 667 g/mol. The molecular weight excluding hydrogens is 623 g/mol. The minimum atomic E-state index is -1.08. The molecule has 4 aliphatic rings. The van der Waals surface area contributed by atoms with E-state index in [-0.39, 0.29) is 16.6 Å². The number of hydrogen-bond acceptors (Lipinski definition) is 2. The summed E-state index contributed by atoms with van der Waals surface area (Å²) in [6.07, 6.45) is 8.30. The van der Waals surface area contributed by atoms with E-state index in [2.05, 4.69) is 102 Å². The Bertz CT molecular complexity index is 1450. The van der Waals surface area contributed by atoms with Crippen LogP contribution >= 0.6 is 23.4 Å². The molecule has 2 unspecified atom stereocenters. The van der Waals surface area contributed by atoms with Crippen LogP contribution in [-0.4, -0.2) is 8.07 Å². The summed E-state index contributed by atoms with van der Waals surface area (Å²) in [4.78, 5) is 3.32. The molecule has 2 aromatic carbocycles. The largest absolute Gasteiger partial charge is 0.106 e. The van der Waals surface area contributed by atoms with Crippen LogP contribution in [0.25, 0.3) is 6.08 Å². The standard InChI is InChI=1S/C14H21ClO.C11H14SSi.C10H9.Zr/c1-13(2,3)9-7-8-10(16)11(12(9)15)14(4,5)6;1-4-7-11-10-8(12-7)5-6-9(10)13(11,2)3;1-8-6-9-4-2-3-5-10(9)7-8;/h7-8,16H,1-6H3;5-6,10H,4H2,1-3H3;2-7H,1H3;/q;;;+1/p-1. The van der Waals surface area contributed by atoms with E-state index >= 15 is 0 Å². The molecule has 5 heteroatoms. The molecule has 210 valence electrons. The Hall–Kier alpha value is -1.06. The maximum Gasteiger partial charge on any atom is 0.106 e. The van der Waals surface area contributed by atoms with Gasteiger partial charge in [-0.3, -0.25) is 0 Å². The van der Waals surface area contributed by atoms with Crippen molar-refractivity contribution < 1.29 is 29.8 Å². The third-order valence-corrected chi connectivity index (χ3v) is 16.0. The number of thioether (sulfide) groups is 1. The molecule has 0 radical (unpaired) electrons. The van der Waals surface area contributed by atoms with Crippen molar-refractivity contribution in [3.63, 3.8) is 0 Å². The first-order valence-corrected chi connectivity index (χ1v) is 19.9. The second-order valence-electron chi connectivity index (χ2n) is 13.8. The number of fused-ring (bicyclic) bond motifs is 1. The van der Waals surface area contributed by atoms with E-state index in [1.165, 1.54) is 23.1 Å². The van der Waals surface area contributed by atoms with Crippen LogP contribution in [0.1, 0.15) is 87.7 Å². The topological polar surface area (TPSA) is 23.1 Å². The van der Waals surface area contributed by atoms with E-state index < -0.39 is 8.07 Å². The van der Waals surface area contributed by atoms with Gasteiger partial charge >= 0.3 is 82.3 Å². The summed E-state index contributed by atoms with van der Waals surface area (Å²) in [7, 11) is -1.08. The Morgan fingerprint density at radius 3 is 2.20 bits per heavy atom. The van der Waals surface area contributed by atoms with Crippen molar-refractivity contribution in [1.82, 2.24) is 0 Å². The summed E-state index contributed by atoms with van der Waals surface area (Å²) in [5, 5.41) is 16.2. The zero-order chi connectivity index (χ0) is 29.8. The van der Waals surface area contributed by atoms with E-state index in [0.29, 0.717) is 5.02 Å². The smallest absolute Gasteiger partial charge is 0.0985 e. The van der Waals surface area contributed by atoms with Gasteiger partial charge in [-0.2, -0.15) is 0 Å². The third kappa shape index (κ3) is 5.90. The van der Waals surface area contributed by atoms with Crippen LogP contribution in [0.3, 0.4) is 0 Å². The Labute approximate surface area is 268 Å². The minimum absolute atomic E-state index is 0.0329. The fraction of sp³-hybridized carbons (Fsp3) is 0.429. The minimum Gasteiger partial charge on any atom is -0.0985 e. The summed E-state index contributed by atoms with van der Waals surface area (Å²) in [6, 6.07) is 12.1. The Kier molecular flexibility index (Phi) is 9.20. The van der Waals surface area contributed by atoms with Gasteiger partial charge in [-0.15, -0.1) is 5.75 Å². The Morgan fingerprint density at radius 1 is 0.975 bits per heavy atom. The Balaban J connectivity index is 0.000000141. The molecule has 0 amide bonds. The molecule has 2 aliphatic carbocycles. The first-order chi connectivity index (χ1) is 18.5. The van der Waals surface area contributed by atoms with Crippen molar-refractivity contribution in [2.75, 3.05) is 0 Å². The average Bonchev–Trinajstić information content (AvgIpc) is 3.47. The maximum atomic E-state index is 11.9. The van der Waals surface area contributed by atoms with Crippen molar-refractivity contribution in [3.05, 3.63) is 102 Å². The third-order valence-electron chi connectivity index (χ3n) is 8.38. The quantitative estimate of drug-likeness (QED) is 0.283. The van der Waals surface area contributed by atoms with E-state index in [0.717, 1.165) is 20.7 Å². The van der Waals surface area contributed by atoms with Gasteiger partial charge in [0.2, 0.25) is 0 Å². The molecule has 1 fully saturated rings. The van der Waals surface area contributed by atoms with E-state index in [9.17, 15) is 5.11 Å². The van der Waals surface area contributed by atoms with E-state index in [1.54, 1.807) is 45.8 Å². The normalized spacial score (nSPS) is 21.6. The van der Waals surface area contributed by atoms with Crippen molar-refractivity contribution >= 4 is 37.5 Å². The molecule has 2 aliphatic heterocycles. The van der Waals surface area contributed by atoms with E-state index in [4.69, 9.17) is 11.6 Å². The maximum absolute atomic E-state index is 11.9. The SMILES string of the molecule is CC(C)(C)c1ccc([O-])c(C(C)(C)C)c1Cl.CC1=Cc2ccccc2[CH]1[Zr+].CCC1=C2C3C(=CC=C3[Si]2(C)C)S1. The van der Waals surface area contributed by atoms with Gasteiger partial charge in [-0.1, -0.05) is 120 Å². The fourth-order valence-corrected chi connectivity index (χ4v) is 13.6. The molecule has 1 saturated heterocycles. The van der Waals surface area contributed by atoms with Crippen LogP contribution < -0.4 is 5.11 Å². The molecule has 0 saturated carbocycles. The van der Waals surface area contributed by atoms with Gasteiger partial charge in [0.1, 0.15) is 8.07 Å². The van der Waals surface area contributed by atoms with Crippen molar-refractivity contribution in [2.24, 2.45) is 5.92 Å². The number of hydrogen-bond donors (Lipinski definition) is 0. The molecule has 0 N–H and O–H groups in total. The van der Waals surface area contributed by atoms with Crippen LogP contribution in [-0.2, 0) is 35.5 Å². The fourth-order valence-electron chi connectivity index (χ4n) is 6.20. The van der Waals surface area contributed by atoms with Gasteiger partial charge in [0, 0.05) is 10.9 Å². The van der Waals surface area contributed by atoms with Crippen molar-refractivity contribution in [3.8, 4) is 5.75 Å². The molecule has 0 spiro atoms. The molecule has 2 heterocycles. The molecular formula is C35H43ClOSSiZr. The molecule has 6 rings (SSSR count). The molecule has 1 nitrogen and oxygen atoms in total. The molecule has 40 heavy (non-hydrogen) atoms. The molecule has 2 aromatic rings. The van der Waals surface area contributed by atoms with Crippen LogP contribution in [0.2, 0.25) is 18.1 Å². The number of benzene rings is 2. The van der Waals surface area contributed by atoms with Gasteiger partial charge < -0.3 is 5.11 Å². The van der Waals surface area contributed by atoms with Gasteiger partial charge in [0.15, 0.2) is 0 Å². The zero-order valence-corrected chi connectivity index (χ0v) is 30.8. The molecule has 0 bridgehead atoms. The number of allylic oxidation sites excluding steroid dienone is 7. The van der Waals surface area contributed by atoms with Crippen LogP contribution in [0.4, 0.5) is 0 Å². The monoisotopic (exact) mass is 664 g/mol. The second-order valence-corrected chi connectivity index (χ2v) is 21.1. The van der Waals surface area contributed by atoms with Crippen molar-refractivity contribution in [1.29, 1.82) is 0 Å². The van der Waals surface area contributed by atoms with Gasteiger partial charge in [-0.05, 0) is 38.2 Å². The second kappa shape index (κ2) is 11.6. The van der Waals surface area contributed by atoms with Crippen LogP contribution in [0.5, 0.6) is 5.75 Å². The summed E-state index contributed by atoms with van der Waals surface area (Å²) in [5.74, 6) is 0.826. The first-order valence-electron chi connectivity index (χ1n) is 14.3.